The summed E-state index contributed by atoms with van der Waals surface area (Å²) in [7, 11) is 0. The Hall–Kier alpha value is -5.17. The van der Waals surface area contributed by atoms with E-state index in [1.54, 1.807) is 22.9 Å². The topological polar surface area (TPSA) is 113 Å². The summed E-state index contributed by atoms with van der Waals surface area (Å²) in [4.78, 5) is 40.4. The predicted octanol–water partition coefficient (Wildman–Crippen LogP) is 4.42. The van der Waals surface area contributed by atoms with Crippen molar-refractivity contribution in [1.29, 1.82) is 0 Å². The van der Waals surface area contributed by atoms with Crippen molar-refractivity contribution in [3.63, 3.8) is 0 Å². The molecule has 2 aromatic heterocycles. The van der Waals surface area contributed by atoms with Gasteiger partial charge in [-0.05, 0) is 30.2 Å². The molecule has 2 aromatic carbocycles. The van der Waals surface area contributed by atoms with Crippen LogP contribution in [0.25, 0.3) is 22.5 Å². The number of amides is 1. The summed E-state index contributed by atoms with van der Waals surface area (Å²) < 4.78 is 59.0. The highest BCUT2D eigenvalue weighted by atomic mass is 19.2. The third-order valence-electron chi connectivity index (χ3n) is 7.92. The fourth-order valence-electron chi connectivity index (χ4n) is 6.13. The summed E-state index contributed by atoms with van der Waals surface area (Å²) in [5, 5.41) is 1.79. The molecule has 44 heavy (non-hydrogen) atoms. The molecule has 13 heteroatoms. The number of nitrogens with zero attached hydrogens (tertiary/aromatic N) is 3. The average molecular weight is 606 g/mol. The number of ether oxygens (including phenoxy) is 4. The first kappa shape index (κ1) is 27.7. The van der Waals surface area contributed by atoms with Crippen LogP contribution in [0, 0.1) is 11.6 Å². The Bertz CT molecular complexity index is 1850. The Balaban J connectivity index is 1.46. The molecule has 7 rings (SSSR count). The van der Waals surface area contributed by atoms with Crippen molar-refractivity contribution in [1.82, 2.24) is 9.58 Å². The molecule has 1 fully saturated rings. The number of aromatic nitrogens is 1. The monoisotopic (exact) mass is 605 g/mol. The van der Waals surface area contributed by atoms with E-state index in [1.165, 1.54) is 29.3 Å². The van der Waals surface area contributed by atoms with Gasteiger partial charge in [0, 0.05) is 35.5 Å². The third kappa shape index (κ3) is 4.22. The Kier molecular flexibility index (Phi) is 6.81. The SMILES string of the molecule is CCOC(=O)OCOc1c2n(ccc1=O)N([C@@H]1c3ccccc3-c3occc3-c3c1ccc(F)c3F)[C@@H]1COCCN1C2=O. The summed E-state index contributed by atoms with van der Waals surface area (Å²) in [5.74, 6) is -2.58. The van der Waals surface area contributed by atoms with Crippen LogP contribution in [0.5, 0.6) is 5.75 Å². The Morgan fingerprint density at radius 3 is 2.70 bits per heavy atom. The second-order valence-corrected chi connectivity index (χ2v) is 10.2. The molecule has 0 spiro atoms. The Morgan fingerprint density at radius 2 is 1.86 bits per heavy atom. The summed E-state index contributed by atoms with van der Waals surface area (Å²) in [5.41, 5.74) is 1.33. The maximum absolute atomic E-state index is 15.8. The zero-order valence-corrected chi connectivity index (χ0v) is 23.3. The first-order valence-corrected chi connectivity index (χ1v) is 13.9. The van der Waals surface area contributed by atoms with Gasteiger partial charge in [-0.15, -0.1) is 0 Å². The van der Waals surface area contributed by atoms with Crippen molar-refractivity contribution >= 4 is 12.1 Å². The molecule has 1 amide bonds. The quantitative estimate of drug-likeness (QED) is 0.241. The third-order valence-corrected chi connectivity index (χ3v) is 7.92. The van der Waals surface area contributed by atoms with E-state index in [0.717, 1.165) is 6.07 Å². The molecule has 0 bridgehead atoms. The Morgan fingerprint density at radius 1 is 1.02 bits per heavy atom. The highest BCUT2D eigenvalue weighted by molar-refractivity contribution is 5.97. The van der Waals surface area contributed by atoms with Crippen molar-refractivity contribution < 1.29 is 41.7 Å². The Labute approximate surface area is 248 Å². The van der Waals surface area contributed by atoms with Crippen LogP contribution in [-0.2, 0) is 14.2 Å². The number of fused-ring (bicyclic) bond motifs is 7. The standard InChI is InChI=1S/C31H25F2N3O8/c1-2-41-31(39)44-16-43-29-22(37)9-11-35-27(29)30(38)34-12-14-40-15-23(34)36(35)26-17-5-3-4-6-18(17)28-20(10-13-42-28)24-19(26)7-8-21(32)25(24)33/h3-11,13,23,26H,2,12,14-16H2,1H3/t23-,26-/m1/s1. The van der Waals surface area contributed by atoms with Gasteiger partial charge in [-0.25, -0.2) is 13.6 Å². The lowest BCUT2D eigenvalue weighted by molar-refractivity contribution is -0.0210. The van der Waals surface area contributed by atoms with Crippen LogP contribution in [0.15, 0.2) is 70.2 Å². The van der Waals surface area contributed by atoms with Crippen molar-refractivity contribution in [3.05, 3.63) is 99.7 Å². The number of hydrogen-bond donors (Lipinski definition) is 0. The molecule has 1 saturated heterocycles. The van der Waals surface area contributed by atoms with Gasteiger partial charge in [0.1, 0.15) is 11.9 Å². The van der Waals surface area contributed by atoms with Crippen LogP contribution < -0.4 is 15.2 Å². The summed E-state index contributed by atoms with van der Waals surface area (Å²) in [6.45, 7) is 1.49. The van der Waals surface area contributed by atoms with Gasteiger partial charge in [0.15, 0.2) is 17.3 Å². The van der Waals surface area contributed by atoms with Gasteiger partial charge in [-0.3, -0.25) is 19.3 Å². The molecule has 11 nitrogen and oxygen atoms in total. The minimum atomic E-state index is -1.05. The van der Waals surface area contributed by atoms with Gasteiger partial charge < -0.3 is 28.3 Å². The van der Waals surface area contributed by atoms with E-state index >= 15 is 4.39 Å². The molecule has 2 atom stereocenters. The maximum atomic E-state index is 15.8. The van der Waals surface area contributed by atoms with Crippen LogP contribution in [0.3, 0.4) is 0 Å². The highest BCUT2D eigenvalue weighted by Crippen LogP contribution is 2.49. The summed E-state index contributed by atoms with van der Waals surface area (Å²) in [6.07, 6.45) is 1.12. The summed E-state index contributed by atoms with van der Waals surface area (Å²) >= 11 is 0. The van der Waals surface area contributed by atoms with Gasteiger partial charge in [-0.1, -0.05) is 30.3 Å². The van der Waals surface area contributed by atoms with Crippen LogP contribution in [0.1, 0.15) is 34.6 Å². The molecular formula is C31H25F2N3O8. The first-order valence-electron chi connectivity index (χ1n) is 13.9. The van der Waals surface area contributed by atoms with Crippen LogP contribution >= 0.6 is 0 Å². The van der Waals surface area contributed by atoms with E-state index in [4.69, 9.17) is 23.4 Å². The van der Waals surface area contributed by atoms with E-state index in [2.05, 4.69) is 0 Å². The minimum absolute atomic E-state index is 0.0111. The number of benzene rings is 2. The molecule has 0 N–H and O–H groups in total. The predicted molar refractivity (Wildman–Crippen MR) is 150 cm³/mol. The number of morpholine rings is 1. The van der Waals surface area contributed by atoms with Gasteiger partial charge in [0.25, 0.3) is 5.91 Å². The largest absolute Gasteiger partial charge is 0.511 e. The maximum Gasteiger partial charge on any atom is 0.511 e. The van der Waals surface area contributed by atoms with Gasteiger partial charge >= 0.3 is 6.16 Å². The molecule has 1 aliphatic carbocycles. The normalized spacial score (nSPS) is 18.3. The number of hydrogen-bond acceptors (Lipinski definition) is 9. The van der Waals surface area contributed by atoms with Gasteiger partial charge in [0.05, 0.1) is 32.1 Å². The molecule has 0 radical (unpaired) electrons. The lowest BCUT2D eigenvalue weighted by atomic mass is 9.92. The summed E-state index contributed by atoms with van der Waals surface area (Å²) in [6, 6.07) is 11.8. The number of carbonyl (C=O) groups is 2. The van der Waals surface area contributed by atoms with E-state index in [1.807, 2.05) is 24.3 Å². The second-order valence-electron chi connectivity index (χ2n) is 10.2. The van der Waals surface area contributed by atoms with Crippen molar-refractivity contribution in [3.8, 4) is 28.2 Å². The van der Waals surface area contributed by atoms with Gasteiger partial charge in [0.2, 0.25) is 18.0 Å². The molecular weight excluding hydrogens is 580 g/mol. The lowest BCUT2D eigenvalue weighted by Gasteiger charge is -2.51. The molecule has 0 saturated carbocycles. The second kappa shape index (κ2) is 10.8. The van der Waals surface area contributed by atoms with E-state index in [9.17, 15) is 18.8 Å². The minimum Gasteiger partial charge on any atom is -0.464 e. The van der Waals surface area contributed by atoms with Crippen LogP contribution in [0.2, 0.25) is 0 Å². The fourth-order valence-corrected chi connectivity index (χ4v) is 6.13. The van der Waals surface area contributed by atoms with Crippen LogP contribution in [-0.4, -0.2) is 61.0 Å². The number of halogens is 2. The first-order chi connectivity index (χ1) is 21.4. The van der Waals surface area contributed by atoms with E-state index in [0.29, 0.717) is 28.0 Å². The number of furan rings is 1. The molecule has 4 aromatic rings. The van der Waals surface area contributed by atoms with Crippen molar-refractivity contribution in [2.24, 2.45) is 0 Å². The zero-order chi connectivity index (χ0) is 30.5. The molecule has 4 heterocycles. The lowest BCUT2D eigenvalue weighted by Crippen LogP contribution is -2.66. The van der Waals surface area contributed by atoms with Crippen molar-refractivity contribution in [2.75, 3.05) is 38.2 Å². The average Bonchev–Trinajstić information content (AvgIpc) is 3.47. The number of pyridine rings is 1. The molecule has 226 valence electrons. The zero-order valence-electron chi connectivity index (χ0n) is 23.3. The smallest absolute Gasteiger partial charge is 0.464 e. The van der Waals surface area contributed by atoms with Crippen LogP contribution in [0.4, 0.5) is 13.6 Å². The van der Waals surface area contributed by atoms with Crippen molar-refractivity contribution in [2.45, 2.75) is 19.1 Å². The fraction of sp³-hybridized carbons (Fsp3) is 0.258. The van der Waals surface area contributed by atoms with E-state index < -0.39 is 48.1 Å². The van der Waals surface area contributed by atoms with Gasteiger partial charge in [-0.2, -0.15) is 0 Å². The number of carbonyl (C=O) groups excluding carboxylic acids is 2. The number of rotatable bonds is 5. The van der Waals surface area contributed by atoms with E-state index in [-0.39, 0.29) is 43.4 Å². The highest BCUT2D eigenvalue weighted by Gasteiger charge is 2.47. The molecule has 3 aliphatic rings. The molecule has 2 aliphatic heterocycles. The molecule has 0 unspecified atom stereocenters.